The molecule has 0 amide bonds. The first-order valence-corrected chi connectivity index (χ1v) is 8.35. The normalized spacial score (nSPS) is 10.6. The van der Waals surface area contributed by atoms with E-state index in [1.54, 1.807) is 0 Å². The molecule has 0 heterocycles. The van der Waals surface area contributed by atoms with Crippen molar-refractivity contribution in [2.24, 2.45) is 0 Å². The predicted octanol–water partition coefficient (Wildman–Crippen LogP) is 6.39. The van der Waals surface area contributed by atoms with E-state index in [1.807, 2.05) is 60.7 Å². The van der Waals surface area contributed by atoms with E-state index in [4.69, 9.17) is 0 Å². The SMILES string of the molecule is Oc1cc(-c2ccccc2)ccc1-c1ccc(-c2ccccc2)cc1. The molecule has 1 N–H and O–H groups in total. The van der Waals surface area contributed by atoms with E-state index < -0.39 is 0 Å². The molecule has 4 aromatic carbocycles. The van der Waals surface area contributed by atoms with E-state index in [0.29, 0.717) is 5.75 Å². The number of benzene rings is 4. The third kappa shape index (κ3) is 3.17. The topological polar surface area (TPSA) is 20.2 Å². The summed E-state index contributed by atoms with van der Waals surface area (Å²) < 4.78 is 0. The summed E-state index contributed by atoms with van der Waals surface area (Å²) in [6, 6.07) is 34.5. The Morgan fingerprint density at radius 3 is 1.40 bits per heavy atom. The standard InChI is InChI=1S/C24H18O/c25-24-17-22(19-9-5-2-6-10-19)15-16-23(24)21-13-11-20(12-14-21)18-7-3-1-4-8-18/h1-17,25H. The Labute approximate surface area is 147 Å². The fourth-order valence-corrected chi connectivity index (χ4v) is 3.06. The lowest BCUT2D eigenvalue weighted by Gasteiger charge is -2.09. The molecule has 0 radical (unpaired) electrons. The molecule has 120 valence electrons. The number of hydrogen-bond donors (Lipinski definition) is 1. The van der Waals surface area contributed by atoms with Gasteiger partial charge in [-0.25, -0.2) is 0 Å². The molecule has 0 aliphatic heterocycles. The highest BCUT2D eigenvalue weighted by atomic mass is 16.3. The van der Waals surface area contributed by atoms with E-state index in [9.17, 15) is 5.11 Å². The second-order valence-electron chi connectivity index (χ2n) is 6.04. The third-order valence-electron chi connectivity index (χ3n) is 4.41. The summed E-state index contributed by atoms with van der Waals surface area (Å²) in [5.74, 6) is 0.300. The molecule has 4 aromatic rings. The molecule has 0 atom stereocenters. The van der Waals surface area contributed by atoms with Crippen LogP contribution < -0.4 is 0 Å². The Morgan fingerprint density at radius 2 is 0.840 bits per heavy atom. The van der Waals surface area contributed by atoms with Crippen molar-refractivity contribution < 1.29 is 5.11 Å². The zero-order valence-corrected chi connectivity index (χ0v) is 13.8. The van der Waals surface area contributed by atoms with Gasteiger partial charge in [0.1, 0.15) is 5.75 Å². The van der Waals surface area contributed by atoms with Crippen molar-refractivity contribution in [2.75, 3.05) is 0 Å². The van der Waals surface area contributed by atoms with Crippen LogP contribution in [-0.2, 0) is 0 Å². The van der Waals surface area contributed by atoms with E-state index in [0.717, 1.165) is 22.3 Å². The minimum atomic E-state index is 0.300. The lowest BCUT2D eigenvalue weighted by molar-refractivity contribution is 0.477. The largest absolute Gasteiger partial charge is 0.507 e. The van der Waals surface area contributed by atoms with Crippen LogP contribution in [0.5, 0.6) is 5.75 Å². The average Bonchev–Trinajstić information content (AvgIpc) is 2.69. The van der Waals surface area contributed by atoms with Crippen LogP contribution in [0.25, 0.3) is 33.4 Å². The molecule has 0 spiro atoms. The summed E-state index contributed by atoms with van der Waals surface area (Å²) in [6.07, 6.45) is 0. The zero-order valence-electron chi connectivity index (χ0n) is 13.8. The van der Waals surface area contributed by atoms with Gasteiger partial charge in [-0.3, -0.25) is 0 Å². The molecule has 0 aliphatic rings. The second-order valence-corrected chi connectivity index (χ2v) is 6.04. The number of phenolic OH excluding ortho intramolecular Hbond substituents is 1. The summed E-state index contributed by atoms with van der Waals surface area (Å²) in [5.41, 5.74) is 6.34. The average molecular weight is 322 g/mol. The number of phenols is 1. The van der Waals surface area contributed by atoms with Crippen LogP contribution in [0.2, 0.25) is 0 Å². The number of rotatable bonds is 3. The van der Waals surface area contributed by atoms with Crippen molar-refractivity contribution in [3.8, 4) is 39.1 Å². The highest BCUT2D eigenvalue weighted by Gasteiger charge is 2.07. The Balaban J connectivity index is 1.66. The van der Waals surface area contributed by atoms with Gasteiger partial charge in [-0.1, -0.05) is 97.1 Å². The monoisotopic (exact) mass is 322 g/mol. The maximum absolute atomic E-state index is 10.5. The molecule has 0 bridgehead atoms. The fourth-order valence-electron chi connectivity index (χ4n) is 3.06. The van der Waals surface area contributed by atoms with E-state index in [2.05, 4.69) is 42.5 Å². The predicted molar refractivity (Wildman–Crippen MR) is 104 cm³/mol. The van der Waals surface area contributed by atoms with E-state index >= 15 is 0 Å². The molecule has 25 heavy (non-hydrogen) atoms. The van der Waals surface area contributed by atoms with Gasteiger partial charge >= 0.3 is 0 Å². The van der Waals surface area contributed by atoms with Crippen molar-refractivity contribution in [2.45, 2.75) is 0 Å². The van der Waals surface area contributed by atoms with Gasteiger partial charge in [0.25, 0.3) is 0 Å². The maximum atomic E-state index is 10.5. The Hall–Kier alpha value is -3.32. The zero-order chi connectivity index (χ0) is 17.1. The van der Waals surface area contributed by atoms with Gasteiger partial charge in [0, 0.05) is 5.56 Å². The van der Waals surface area contributed by atoms with Crippen LogP contribution in [0.1, 0.15) is 0 Å². The Morgan fingerprint density at radius 1 is 0.400 bits per heavy atom. The molecule has 0 saturated carbocycles. The first-order valence-electron chi connectivity index (χ1n) is 8.35. The lowest BCUT2D eigenvalue weighted by Crippen LogP contribution is -1.83. The van der Waals surface area contributed by atoms with Gasteiger partial charge in [0.15, 0.2) is 0 Å². The summed E-state index contributed by atoms with van der Waals surface area (Å²) in [7, 11) is 0. The lowest BCUT2D eigenvalue weighted by atomic mass is 9.97. The Kier molecular flexibility index (Phi) is 4.05. The maximum Gasteiger partial charge on any atom is 0.124 e. The summed E-state index contributed by atoms with van der Waals surface area (Å²) >= 11 is 0. The molecule has 1 nitrogen and oxygen atoms in total. The first kappa shape index (κ1) is 15.2. The van der Waals surface area contributed by atoms with Crippen LogP contribution >= 0.6 is 0 Å². The fraction of sp³-hybridized carbons (Fsp3) is 0. The number of aromatic hydroxyl groups is 1. The van der Waals surface area contributed by atoms with Gasteiger partial charge in [0.2, 0.25) is 0 Å². The number of hydrogen-bond acceptors (Lipinski definition) is 1. The van der Waals surface area contributed by atoms with E-state index in [1.165, 1.54) is 11.1 Å². The first-order chi connectivity index (χ1) is 12.3. The van der Waals surface area contributed by atoms with Crippen molar-refractivity contribution >= 4 is 0 Å². The minimum Gasteiger partial charge on any atom is -0.507 e. The molecule has 0 aliphatic carbocycles. The quantitative estimate of drug-likeness (QED) is 0.463. The van der Waals surface area contributed by atoms with E-state index in [-0.39, 0.29) is 0 Å². The van der Waals surface area contributed by atoms with Crippen molar-refractivity contribution in [1.29, 1.82) is 0 Å². The molecule has 0 aromatic heterocycles. The van der Waals surface area contributed by atoms with Crippen LogP contribution in [0.15, 0.2) is 103 Å². The highest BCUT2D eigenvalue weighted by molar-refractivity contribution is 5.77. The van der Waals surface area contributed by atoms with Crippen LogP contribution in [0, 0.1) is 0 Å². The molecule has 0 fully saturated rings. The molecule has 4 rings (SSSR count). The van der Waals surface area contributed by atoms with Crippen molar-refractivity contribution in [3.63, 3.8) is 0 Å². The molecule has 1 heteroatoms. The molecule has 0 saturated heterocycles. The summed E-state index contributed by atoms with van der Waals surface area (Å²) in [4.78, 5) is 0. The molecule has 0 unspecified atom stereocenters. The Bertz CT molecular complexity index is 971. The van der Waals surface area contributed by atoms with Crippen LogP contribution in [-0.4, -0.2) is 5.11 Å². The van der Waals surface area contributed by atoms with Gasteiger partial charge in [-0.05, 0) is 33.9 Å². The third-order valence-corrected chi connectivity index (χ3v) is 4.41. The van der Waals surface area contributed by atoms with Crippen molar-refractivity contribution in [3.05, 3.63) is 103 Å². The summed E-state index contributed by atoms with van der Waals surface area (Å²) in [5, 5.41) is 10.5. The molecular formula is C24H18O. The smallest absolute Gasteiger partial charge is 0.124 e. The summed E-state index contributed by atoms with van der Waals surface area (Å²) in [6.45, 7) is 0. The van der Waals surface area contributed by atoms with Crippen molar-refractivity contribution in [1.82, 2.24) is 0 Å². The highest BCUT2D eigenvalue weighted by Crippen LogP contribution is 2.34. The van der Waals surface area contributed by atoms with Gasteiger partial charge < -0.3 is 5.11 Å². The van der Waals surface area contributed by atoms with Crippen LogP contribution in [0.3, 0.4) is 0 Å². The van der Waals surface area contributed by atoms with Crippen LogP contribution in [0.4, 0.5) is 0 Å². The van der Waals surface area contributed by atoms with Gasteiger partial charge in [0.05, 0.1) is 0 Å². The minimum absolute atomic E-state index is 0.300. The van der Waals surface area contributed by atoms with Gasteiger partial charge in [-0.15, -0.1) is 0 Å². The molecular weight excluding hydrogens is 304 g/mol. The van der Waals surface area contributed by atoms with Gasteiger partial charge in [-0.2, -0.15) is 0 Å². The second kappa shape index (κ2) is 6.66.